The standard InChI is InChI=1S/C21H21N5O2S/c1-13-16(10-22-25-13)18-9-17-20(29-18)21(27)24-19(23-17)12-26-8-7-15(11-26)28-14-5-3-2-4-6-14/h2-6,9-10,15H,7-8,11-12H2,1H3,(H,22,25)(H,23,24,27)/t15-/m0/s1. The molecule has 0 bridgehead atoms. The van der Waals surface area contributed by atoms with Crippen LogP contribution in [-0.2, 0) is 6.54 Å². The van der Waals surface area contributed by atoms with Crippen molar-refractivity contribution < 1.29 is 4.74 Å². The highest BCUT2D eigenvalue weighted by Gasteiger charge is 2.25. The number of rotatable bonds is 5. The fourth-order valence-corrected chi connectivity index (χ4v) is 4.79. The molecule has 0 amide bonds. The lowest BCUT2D eigenvalue weighted by Gasteiger charge is -2.16. The van der Waals surface area contributed by atoms with Gasteiger partial charge in [-0.1, -0.05) is 18.2 Å². The van der Waals surface area contributed by atoms with Gasteiger partial charge >= 0.3 is 0 Å². The molecule has 1 fully saturated rings. The van der Waals surface area contributed by atoms with Gasteiger partial charge in [-0.05, 0) is 31.5 Å². The van der Waals surface area contributed by atoms with Gasteiger partial charge in [-0.15, -0.1) is 11.3 Å². The van der Waals surface area contributed by atoms with Crippen LogP contribution in [0, 0.1) is 6.92 Å². The summed E-state index contributed by atoms with van der Waals surface area (Å²) in [4.78, 5) is 23.5. The molecule has 1 aliphatic heterocycles. The van der Waals surface area contributed by atoms with E-state index in [4.69, 9.17) is 9.72 Å². The summed E-state index contributed by atoms with van der Waals surface area (Å²) in [6.07, 6.45) is 2.90. The van der Waals surface area contributed by atoms with E-state index < -0.39 is 0 Å². The Morgan fingerprint density at radius 3 is 2.97 bits per heavy atom. The maximum Gasteiger partial charge on any atom is 0.268 e. The topological polar surface area (TPSA) is 86.9 Å². The molecule has 4 aromatic rings. The van der Waals surface area contributed by atoms with Gasteiger partial charge in [-0.2, -0.15) is 5.10 Å². The minimum atomic E-state index is -0.0846. The number of aromatic nitrogens is 4. The fraction of sp³-hybridized carbons (Fsp3) is 0.286. The van der Waals surface area contributed by atoms with Crippen molar-refractivity contribution in [2.75, 3.05) is 13.1 Å². The van der Waals surface area contributed by atoms with E-state index >= 15 is 0 Å². The molecular weight excluding hydrogens is 386 g/mol. The molecule has 3 aromatic heterocycles. The molecule has 29 heavy (non-hydrogen) atoms. The molecule has 0 aliphatic carbocycles. The largest absolute Gasteiger partial charge is 0.489 e. The second-order valence-electron chi connectivity index (χ2n) is 7.32. The first-order chi connectivity index (χ1) is 14.2. The third kappa shape index (κ3) is 3.68. The summed E-state index contributed by atoms with van der Waals surface area (Å²) in [6.45, 7) is 4.31. The molecule has 148 valence electrons. The van der Waals surface area contributed by atoms with Gasteiger partial charge < -0.3 is 9.72 Å². The van der Waals surface area contributed by atoms with Crippen LogP contribution in [0.25, 0.3) is 20.7 Å². The minimum Gasteiger partial charge on any atom is -0.489 e. The number of ether oxygens (including phenoxy) is 1. The number of nitrogens with one attached hydrogen (secondary N) is 2. The Kier molecular flexibility index (Phi) is 4.65. The highest BCUT2D eigenvalue weighted by molar-refractivity contribution is 7.22. The first kappa shape index (κ1) is 18.1. The summed E-state index contributed by atoms with van der Waals surface area (Å²) in [5.74, 6) is 1.59. The van der Waals surface area contributed by atoms with Crippen molar-refractivity contribution >= 4 is 21.6 Å². The Bertz CT molecular complexity index is 1200. The number of aryl methyl sites for hydroxylation is 1. The molecule has 1 saturated heterocycles. The molecule has 1 aromatic carbocycles. The van der Waals surface area contributed by atoms with Gasteiger partial charge in [0.2, 0.25) is 0 Å². The second-order valence-corrected chi connectivity index (χ2v) is 8.38. The number of benzene rings is 1. The van der Waals surface area contributed by atoms with Crippen molar-refractivity contribution in [2.45, 2.75) is 26.0 Å². The molecule has 0 radical (unpaired) electrons. The smallest absolute Gasteiger partial charge is 0.268 e. The summed E-state index contributed by atoms with van der Waals surface area (Å²) >= 11 is 1.45. The van der Waals surface area contributed by atoms with Crippen molar-refractivity contribution in [1.29, 1.82) is 0 Å². The molecule has 1 atom stereocenters. The summed E-state index contributed by atoms with van der Waals surface area (Å²) in [5, 5.41) is 7.01. The van der Waals surface area contributed by atoms with E-state index in [1.807, 2.05) is 43.3 Å². The van der Waals surface area contributed by atoms with Crippen LogP contribution in [0.1, 0.15) is 17.9 Å². The van der Waals surface area contributed by atoms with E-state index in [1.165, 1.54) is 11.3 Å². The second kappa shape index (κ2) is 7.46. The minimum absolute atomic E-state index is 0.0846. The predicted molar refractivity (Wildman–Crippen MR) is 113 cm³/mol. The van der Waals surface area contributed by atoms with Crippen LogP contribution < -0.4 is 10.3 Å². The molecular formula is C21H21N5O2S. The lowest BCUT2D eigenvalue weighted by Crippen LogP contribution is -2.26. The Morgan fingerprint density at radius 1 is 1.31 bits per heavy atom. The van der Waals surface area contributed by atoms with Crippen LogP contribution in [0.2, 0.25) is 0 Å². The van der Waals surface area contributed by atoms with E-state index in [1.54, 1.807) is 6.20 Å². The van der Waals surface area contributed by atoms with E-state index in [-0.39, 0.29) is 11.7 Å². The highest BCUT2D eigenvalue weighted by Crippen LogP contribution is 2.32. The van der Waals surface area contributed by atoms with E-state index in [9.17, 15) is 4.79 Å². The summed E-state index contributed by atoms with van der Waals surface area (Å²) in [6, 6.07) is 11.9. The van der Waals surface area contributed by atoms with Crippen LogP contribution in [0.15, 0.2) is 47.4 Å². The van der Waals surface area contributed by atoms with E-state index in [2.05, 4.69) is 20.1 Å². The molecule has 8 heteroatoms. The van der Waals surface area contributed by atoms with Crippen molar-refractivity contribution in [1.82, 2.24) is 25.1 Å². The quantitative estimate of drug-likeness (QED) is 0.530. The zero-order valence-corrected chi connectivity index (χ0v) is 16.8. The average Bonchev–Trinajstić information content (AvgIpc) is 3.43. The lowest BCUT2D eigenvalue weighted by atomic mass is 10.2. The molecule has 0 spiro atoms. The number of aromatic amines is 2. The van der Waals surface area contributed by atoms with Gasteiger partial charge in [0, 0.05) is 29.2 Å². The summed E-state index contributed by atoms with van der Waals surface area (Å²) in [7, 11) is 0. The SMILES string of the molecule is Cc1[nH]ncc1-c1cc2nc(CN3CC[C@H](Oc4ccccc4)C3)[nH]c(=O)c2s1. The van der Waals surface area contributed by atoms with Gasteiger partial charge in [-0.25, -0.2) is 4.98 Å². The van der Waals surface area contributed by atoms with Gasteiger partial charge in [0.15, 0.2) is 0 Å². The van der Waals surface area contributed by atoms with Crippen LogP contribution >= 0.6 is 11.3 Å². The molecule has 0 unspecified atom stereocenters. The van der Waals surface area contributed by atoms with Crippen LogP contribution in [0.4, 0.5) is 0 Å². The van der Waals surface area contributed by atoms with Crippen LogP contribution in [-0.4, -0.2) is 44.3 Å². The van der Waals surface area contributed by atoms with Crippen molar-refractivity contribution in [3.63, 3.8) is 0 Å². The van der Waals surface area contributed by atoms with E-state index in [0.717, 1.165) is 46.9 Å². The zero-order valence-electron chi connectivity index (χ0n) is 16.0. The van der Waals surface area contributed by atoms with Crippen molar-refractivity contribution in [3.05, 3.63) is 64.5 Å². The van der Waals surface area contributed by atoms with Gasteiger partial charge in [0.1, 0.15) is 22.4 Å². The summed E-state index contributed by atoms with van der Waals surface area (Å²) < 4.78 is 6.70. The Labute approximate surface area is 171 Å². The van der Waals surface area contributed by atoms with Gasteiger partial charge in [0.25, 0.3) is 5.56 Å². The van der Waals surface area contributed by atoms with Gasteiger partial charge in [0.05, 0.1) is 18.3 Å². The highest BCUT2D eigenvalue weighted by atomic mass is 32.1. The monoisotopic (exact) mass is 407 g/mol. The normalized spacial score (nSPS) is 17.2. The zero-order chi connectivity index (χ0) is 19.8. The number of hydrogen-bond acceptors (Lipinski definition) is 6. The van der Waals surface area contributed by atoms with Crippen molar-refractivity contribution in [3.8, 4) is 16.2 Å². The molecule has 5 rings (SSSR count). The summed E-state index contributed by atoms with van der Waals surface area (Å²) in [5.41, 5.74) is 2.64. The molecule has 1 aliphatic rings. The third-order valence-corrected chi connectivity index (χ3v) is 6.33. The molecule has 2 N–H and O–H groups in total. The number of thiophene rings is 1. The predicted octanol–water partition coefficient (Wildman–Crippen LogP) is 3.34. The fourth-order valence-electron chi connectivity index (χ4n) is 3.74. The van der Waals surface area contributed by atoms with E-state index in [0.29, 0.717) is 17.1 Å². The molecule has 4 heterocycles. The first-order valence-corrected chi connectivity index (χ1v) is 10.4. The number of likely N-dealkylation sites (tertiary alicyclic amines) is 1. The number of H-pyrrole nitrogens is 2. The number of nitrogens with zero attached hydrogens (tertiary/aromatic N) is 3. The van der Waals surface area contributed by atoms with Crippen molar-refractivity contribution in [2.24, 2.45) is 0 Å². The van der Waals surface area contributed by atoms with Gasteiger partial charge in [-0.3, -0.25) is 14.8 Å². The van der Waals surface area contributed by atoms with Crippen LogP contribution in [0.3, 0.4) is 0 Å². The number of para-hydroxylation sites is 1. The molecule has 7 nitrogen and oxygen atoms in total. The lowest BCUT2D eigenvalue weighted by molar-refractivity contribution is 0.197. The Morgan fingerprint density at radius 2 is 2.17 bits per heavy atom. The number of fused-ring (bicyclic) bond motifs is 1. The van der Waals surface area contributed by atoms with Crippen LogP contribution in [0.5, 0.6) is 5.75 Å². The Balaban J connectivity index is 1.32. The third-order valence-electron chi connectivity index (χ3n) is 5.18. The maximum absolute atomic E-state index is 12.6. The molecule has 0 saturated carbocycles. The first-order valence-electron chi connectivity index (χ1n) is 9.63. The maximum atomic E-state index is 12.6. The Hall–Kier alpha value is -2.97. The average molecular weight is 407 g/mol. The number of hydrogen-bond donors (Lipinski definition) is 2.